The van der Waals surface area contributed by atoms with E-state index in [9.17, 15) is 18.0 Å². The Morgan fingerprint density at radius 2 is 1.85 bits per heavy atom. The first kappa shape index (κ1) is 20.1. The summed E-state index contributed by atoms with van der Waals surface area (Å²) in [4.78, 5) is 23.2. The maximum absolute atomic E-state index is 11.9. The van der Waals surface area contributed by atoms with Gasteiger partial charge in [0.05, 0.1) is 0 Å². The number of hydrogen-bond acceptors (Lipinski definition) is 5. The van der Waals surface area contributed by atoms with Crippen molar-refractivity contribution in [3.63, 3.8) is 0 Å². The molecule has 1 fully saturated rings. The highest BCUT2D eigenvalue weighted by Crippen LogP contribution is 2.17. The lowest BCUT2D eigenvalue weighted by Gasteiger charge is -2.11. The van der Waals surface area contributed by atoms with Gasteiger partial charge in [0.2, 0.25) is 10.0 Å². The lowest BCUT2D eigenvalue weighted by Crippen LogP contribution is -2.37. The van der Waals surface area contributed by atoms with Crippen molar-refractivity contribution in [2.45, 2.75) is 38.6 Å². The summed E-state index contributed by atoms with van der Waals surface area (Å²) in [5.74, 6) is -1.17. The number of aryl methyl sites for hydroxylation is 1. The number of hydrogen-bond donors (Lipinski definition) is 2. The Balaban J connectivity index is 1.71. The Bertz CT molecular complexity index is 750. The molecule has 1 aromatic carbocycles. The standard InChI is InChI=1S/C18H24N2O5S/c1-14-6-8-15(9-7-14)10-11-26(23,24)19-12-18(22)25-13-17(21)20-16-4-2-3-5-16/h6-11,16,19H,2-5,12-13H2,1H3,(H,20,21). The Hall–Kier alpha value is -2.19. The summed E-state index contributed by atoms with van der Waals surface area (Å²) in [6.07, 6.45) is 5.48. The van der Waals surface area contributed by atoms with Crippen molar-refractivity contribution in [2.24, 2.45) is 0 Å². The molecule has 0 aliphatic heterocycles. The van der Waals surface area contributed by atoms with Crippen molar-refractivity contribution < 1.29 is 22.7 Å². The minimum atomic E-state index is -3.77. The Kier molecular flexibility index (Phi) is 7.35. The number of sulfonamides is 1. The first-order valence-corrected chi connectivity index (χ1v) is 10.1. The molecule has 2 N–H and O–H groups in total. The van der Waals surface area contributed by atoms with Gasteiger partial charge in [0.1, 0.15) is 6.54 Å². The highest BCUT2D eigenvalue weighted by Gasteiger charge is 2.18. The third-order valence-electron chi connectivity index (χ3n) is 4.02. The van der Waals surface area contributed by atoms with Gasteiger partial charge in [0, 0.05) is 11.4 Å². The molecular weight excluding hydrogens is 356 g/mol. The molecule has 0 radical (unpaired) electrons. The monoisotopic (exact) mass is 380 g/mol. The van der Waals surface area contributed by atoms with Crippen LogP contribution < -0.4 is 10.0 Å². The zero-order valence-corrected chi connectivity index (χ0v) is 15.6. The third-order valence-corrected chi connectivity index (χ3v) is 5.06. The number of benzene rings is 1. The molecule has 1 saturated carbocycles. The third kappa shape index (κ3) is 7.37. The fourth-order valence-corrected chi connectivity index (χ4v) is 3.34. The zero-order chi connectivity index (χ0) is 19.0. The molecule has 142 valence electrons. The lowest BCUT2D eigenvalue weighted by molar-refractivity contribution is -0.147. The first-order valence-electron chi connectivity index (χ1n) is 8.53. The molecule has 2 rings (SSSR count). The van der Waals surface area contributed by atoms with Crippen LogP contribution in [0.3, 0.4) is 0 Å². The molecule has 1 aromatic rings. The van der Waals surface area contributed by atoms with E-state index in [0.29, 0.717) is 0 Å². The highest BCUT2D eigenvalue weighted by molar-refractivity contribution is 7.92. The minimum absolute atomic E-state index is 0.145. The van der Waals surface area contributed by atoms with Gasteiger partial charge < -0.3 is 10.1 Å². The topological polar surface area (TPSA) is 102 Å². The molecule has 0 unspecified atom stereocenters. The van der Waals surface area contributed by atoms with Gasteiger partial charge in [-0.05, 0) is 31.4 Å². The van der Waals surface area contributed by atoms with Gasteiger partial charge in [0.25, 0.3) is 5.91 Å². The van der Waals surface area contributed by atoms with Gasteiger partial charge >= 0.3 is 5.97 Å². The average molecular weight is 380 g/mol. The molecule has 8 heteroatoms. The van der Waals surface area contributed by atoms with E-state index in [1.165, 1.54) is 6.08 Å². The maximum atomic E-state index is 11.9. The van der Waals surface area contributed by atoms with E-state index in [4.69, 9.17) is 4.74 Å². The Morgan fingerprint density at radius 3 is 2.50 bits per heavy atom. The summed E-state index contributed by atoms with van der Waals surface area (Å²) in [7, 11) is -3.77. The van der Waals surface area contributed by atoms with Crippen LogP contribution in [0, 0.1) is 6.92 Å². The van der Waals surface area contributed by atoms with Gasteiger partial charge in [-0.2, -0.15) is 0 Å². The van der Waals surface area contributed by atoms with Crippen molar-refractivity contribution in [3.05, 3.63) is 40.8 Å². The first-order chi connectivity index (χ1) is 12.3. The second kappa shape index (κ2) is 9.49. The predicted octanol–water partition coefficient (Wildman–Crippen LogP) is 1.49. The van der Waals surface area contributed by atoms with Crippen LogP contribution in [0.4, 0.5) is 0 Å². The fourth-order valence-electron chi connectivity index (χ4n) is 2.59. The molecule has 1 aliphatic carbocycles. The van der Waals surface area contributed by atoms with Gasteiger partial charge in [-0.25, -0.2) is 13.1 Å². The number of carbonyl (C=O) groups excluding carboxylic acids is 2. The molecule has 7 nitrogen and oxygen atoms in total. The van der Waals surface area contributed by atoms with Crippen molar-refractivity contribution in [1.29, 1.82) is 0 Å². The van der Waals surface area contributed by atoms with Crippen molar-refractivity contribution >= 4 is 28.0 Å². The molecule has 0 bridgehead atoms. The quantitative estimate of drug-likeness (QED) is 0.665. The second-order valence-corrected chi connectivity index (χ2v) is 7.94. The second-order valence-electron chi connectivity index (χ2n) is 6.29. The molecular formula is C18H24N2O5S. The largest absolute Gasteiger partial charge is 0.455 e. The van der Waals surface area contributed by atoms with Crippen LogP contribution in [0.25, 0.3) is 6.08 Å². The predicted molar refractivity (Wildman–Crippen MR) is 98.5 cm³/mol. The van der Waals surface area contributed by atoms with E-state index in [1.54, 1.807) is 12.1 Å². The van der Waals surface area contributed by atoms with Crippen molar-refractivity contribution in [3.8, 4) is 0 Å². The van der Waals surface area contributed by atoms with Crippen LogP contribution in [0.5, 0.6) is 0 Å². The minimum Gasteiger partial charge on any atom is -0.455 e. The van der Waals surface area contributed by atoms with Crippen LogP contribution in [-0.4, -0.2) is 39.5 Å². The number of nitrogens with one attached hydrogen (secondary N) is 2. The molecule has 0 atom stereocenters. The van der Waals surface area contributed by atoms with E-state index in [-0.39, 0.29) is 11.9 Å². The van der Waals surface area contributed by atoms with E-state index in [0.717, 1.165) is 42.2 Å². The summed E-state index contributed by atoms with van der Waals surface area (Å²) in [5, 5.41) is 3.77. The molecule has 0 spiro atoms. The Morgan fingerprint density at radius 1 is 1.19 bits per heavy atom. The molecule has 0 saturated heterocycles. The smallest absolute Gasteiger partial charge is 0.321 e. The molecule has 26 heavy (non-hydrogen) atoms. The lowest BCUT2D eigenvalue weighted by atomic mass is 10.2. The molecule has 1 amide bonds. The molecule has 1 aliphatic rings. The van der Waals surface area contributed by atoms with E-state index in [1.807, 2.05) is 19.1 Å². The van der Waals surface area contributed by atoms with Crippen LogP contribution in [-0.2, 0) is 24.3 Å². The number of rotatable bonds is 8. The summed E-state index contributed by atoms with van der Waals surface area (Å²) >= 11 is 0. The average Bonchev–Trinajstić information content (AvgIpc) is 3.11. The number of esters is 1. The van der Waals surface area contributed by atoms with Gasteiger partial charge in [-0.1, -0.05) is 42.7 Å². The van der Waals surface area contributed by atoms with Gasteiger partial charge in [0.15, 0.2) is 6.61 Å². The Labute approximate surface area is 153 Å². The molecule has 0 heterocycles. The van der Waals surface area contributed by atoms with E-state index >= 15 is 0 Å². The van der Waals surface area contributed by atoms with E-state index < -0.39 is 29.1 Å². The van der Waals surface area contributed by atoms with Crippen molar-refractivity contribution in [1.82, 2.24) is 10.0 Å². The zero-order valence-electron chi connectivity index (χ0n) is 14.7. The van der Waals surface area contributed by atoms with Gasteiger partial charge in [-0.3, -0.25) is 9.59 Å². The van der Waals surface area contributed by atoms with Crippen LogP contribution in [0.1, 0.15) is 36.8 Å². The van der Waals surface area contributed by atoms with Crippen LogP contribution in [0.2, 0.25) is 0 Å². The molecule has 0 aromatic heterocycles. The maximum Gasteiger partial charge on any atom is 0.321 e. The summed E-state index contributed by atoms with van der Waals surface area (Å²) in [6.45, 7) is 0.999. The fraction of sp³-hybridized carbons (Fsp3) is 0.444. The van der Waals surface area contributed by atoms with Crippen LogP contribution >= 0.6 is 0 Å². The SMILES string of the molecule is Cc1ccc(C=CS(=O)(=O)NCC(=O)OCC(=O)NC2CCCC2)cc1. The number of amides is 1. The van der Waals surface area contributed by atoms with E-state index in [2.05, 4.69) is 10.0 Å². The number of carbonyl (C=O) groups is 2. The highest BCUT2D eigenvalue weighted by atomic mass is 32.2. The summed E-state index contributed by atoms with van der Waals surface area (Å²) < 4.78 is 30.6. The summed E-state index contributed by atoms with van der Waals surface area (Å²) in [5.41, 5.74) is 1.80. The van der Waals surface area contributed by atoms with Gasteiger partial charge in [-0.15, -0.1) is 0 Å². The number of ether oxygens (including phenoxy) is 1. The summed E-state index contributed by atoms with van der Waals surface area (Å²) in [6, 6.07) is 7.46. The van der Waals surface area contributed by atoms with Crippen LogP contribution in [0.15, 0.2) is 29.7 Å². The van der Waals surface area contributed by atoms with Crippen molar-refractivity contribution in [2.75, 3.05) is 13.2 Å². The normalized spacial score (nSPS) is 15.3.